The van der Waals surface area contributed by atoms with Gasteiger partial charge in [-0.2, -0.15) is 0 Å². The maximum Gasteiger partial charge on any atom is 0.0741 e. The van der Waals surface area contributed by atoms with Gasteiger partial charge >= 0.3 is 0 Å². The molecular formula is C12H26N2O. The Labute approximate surface area is 93.9 Å². The fraction of sp³-hybridized carbons (Fsp3) is 1.00. The Morgan fingerprint density at radius 1 is 1.40 bits per heavy atom. The average molecular weight is 214 g/mol. The van der Waals surface area contributed by atoms with Gasteiger partial charge in [0, 0.05) is 12.1 Å². The Kier molecular flexibility index (Phi) is 4.56. The monoisotopic (exact) mass is 214 g/mol. The summed E-state index contributed by atoms with van der Waals surface area (Å²) in [5.74, 6) is 0. The number of rotatable bonds is 4. The van der Waals surface area contributed by atoms with Gasteiger partial charge in [-0.3, -0.25) is 0 Å². The van der Waals surface area contributed by atoms with E-state index in [1.54, 1.807) is 0 Å². The molecule has 0 aromatic heterocycles. The molecule has 0 aromatic rings. The van der Waals surface area contributed by atoms with E-state index in [0.29, 0.717) is 6.04 Å². The highest BCUT2D eigenvalue weighted by atomic mass is 16.3. The van der Waals surface area contributed by atoms with Crippen LogP contribution in [0.3, 0.4) is 0 Å². The quantitative estimate of drug-likeness (QED) is 0.738. The van der Waals surface area contributed by atoms with E-state index in [2.05, 4.69) is 24.1 Å². The normalized spacial score (nSPS) is 23.0. The molecule has 1 aliphatic rings. The Balaban J connectivity index is 2.29. The molecule has 90 valence electrons. The van der Waals surface area contributed by atoms with Crippen molar-refractivity contribution in [2.45, 2.75) is 58.2 Å². The predicted octanol–water partition coefficient (Wildman–Crippen LogP) is 1.22. The number of hydrogen-bond acceptors (Lipinski definition) is 3. The first-order valence-corrected chi connectivity index (χ1v) is 6.14. The van der Waals surface area contributed by atoms with Crippen LogP contribution in [0, 0.1) is 0 Å². The molecule has 1 saturated heterocycles. The van der Waals surface area contributed by atoms with E-state index in [1.807, 2.05) is 13.8 Å². The molecule has 0 saturated carbocycles. The van der Waals surface area contributed by atoms with Gasteiger partial charge in [-0.25, -0.2) is 0 Å². The van der Waals surface area contributed by atoms with Gasteiger partial charge < -0.3 is 15.3 Å². The summed E-state index contributed by atoms with van der Waals surface area (Å²) in [6, 6.07) is 0.741. The first-order valence-electron chi connectivity index (χ1n) is 6.14. The second-order valence-electron chi connectivity index (χ2n) is 5.25. The van der Waals surface area contributed by atoms with Crippen LogP contribution in [0.25, 0.3) is 0 Å². The van der Waals surface area contributed by atoms with E-state index in [4.69, 9.17) is 0 Å². The SMILES string of the molecule is CCN1CCC(NC(C)C(C)(C)O)CC1. The molecule has 0 aliphatic carbocycles. The second-order valence-corrected chi connectivity index (χ2v) is 5.25. The molecule has 1 fully saturated rings. The van der Waals surface area contributed by atoms with E-state index < -0.39 is 5.60 Å². The van der Waals surface area contributed by atoms with E-state index >= 15 is 0 Å². The van der Waals surface area contributed by atoms with Crippen molar-refractivity contribution in [3.05, 3.63) is 0 Å². The van der Waals surface area contributed by atoms with Crippen molar-refractivity contribution in [2.24, 2.45) is 0 Å². The van der Waals surface area contributed by atoms with Gasteiger partial charge in [0.05, 0.1) is 5.60 Å². The largest absolute Gasteiger partial charge is 0.389 e. The molecule has 0 radical (unpaired) electrons. The van der Waals surface area contributed by atoms with Gasteiger partial charge in [-0.15, -0.1) is 0 Å². The van der Waals surface area contributed by atoms with E-state index in [-0.39, 0.29) is 6.04 Å². The fourth-order valence-corrected chi connectivity index (χ4v) is 1.97. The molecule has 1 unspecified atom stereocenters. The van der Waals surface area contributed by atoms with Crippen LogP contribution in [0.4, 0.5) is 0 Å². The minimum Gasteiger partial charge on any atom is -0.389 e. The summed E-state index contributed by atoms with van der Waals surface area (Å²) in [6.45, 7) is 11.5. The predicted molar refractivity (Wildman–Crippen MR) is 64.0 cm³/mol. The number of aliphatic hydroxyl groups is 1. The van der Waals surface area contributed by atoms with Crippen LogP contribution in [-0.4, -0.2) is 47.3 Å². The summed E-state index contributed by atoms with van der Waals surface area (Å²) in [7, 11) is 0. The first-order chi connectivity index (χ1) is 6.93. The van der Waals surface area contributed by atoms with Crippen LogP contribution >= 0.6 is 0 Å². The molecule has 0 aromatic carbocycles. The molecule has 0 amide bonds. The Morgan fingerprint density at radius 2 is 1.93 bits per heavy atom. The first kappa shape index (κ1) is 12.9. The number of piperidine rings is 1. The maximum atomic E-state index is 9.84. The third-order valence-electron chi connectivity index (χ3n) is 3.58. The fourth-order valence-electron chi connectivity index (χ4n) is 1.97. The minimum absolute atomic E-state index is 0.163. The van der Waals surface area contributed by atoms with Crippen molar-refractivity contribution in [1.82, 2.24) is 10.2 Å². The highest BCUT2D eigenvalue weighted by Gasteiger charge is 2.26. The zero-order valence-electron chi connectivity index (χ0n) is 10.6. The lowest BCUT2D eigenvalue weighted by Gasteiger charge is -2.36. The molecule has 15 heavy (non-hydrogen) atoms. The zero-order valence-corrected chi connectivity index (χ0v) is 10.6. The number of nitrogens with one attached hydrogen (secondary N) is 1. The second kappa shape index (κ2) is 5.28. The van der Waals surface area contributed by atoms with Crippen molar-refractivity contribution in [3.63, 3.8) is 0 Å². The number of nitrogens with zero attached hydrogens (tertiary/aromatic N) is 1. The smallest absolute Gasteiger partial charge is 0.0741 e. The van der Waals surface area contributed by atoms with Crippen LogP contribution < -0.4 is 5.32 Å². The van der Waals surface area contributed by atoms with Gasteiger partial charge in [0.2, 0.25) is 0 Å². The highest BCUT2D eigenvalue weighted by molar-refractivity contribution is 4.85. The van der Waals surface area contributed by atoms with Crippen molar-refractivity contribution in [1.29, 1.82) is 0 Å². The molecule has 1 rings (SSSR count). The third-order valence-corrected chi connectivity index (χ3v) is 3.58. The summed E-state index contributed by atoms with van der Waals surface area (Å²) in [5, 5.41) is 13.4. The van der Waals surface area contributed by atoms with Gasteiger partial charge in [0.1, 0.15) is 0 Å². The lowest BCUT2D eigenvalue weighted by atomic mass is 9.97. The third kappa shape index (κ3) is 4.09. The van der Waals surface area contributed by atoms with Gasteiger partial charge in [-0.1, -0.05) is 6.92 Å². The summed E-state index contributed by atoms with van der Waals surface area (Å²) in [5.41, 5.74) is -0.623. The van der Waals surface area contributed by atoms with Crippen molar-refractivity contribution >= 4 is 0 Å². The molecule has 0 bridgehead atoms. The molecule has 2 N–H and O–H groups in total. The van der Waals surface area contributed by atoms with E-state index in [9.17, 15) is 5.11 Å². The van der Waals surface area contributed by atoms with Crippen LogP contribution in [0.15, 0.2) is 0 Å². The van der Waals surface area contributed by atoms with Crippen LogP contribution in [0.1, 0.15) is 40.5 Å². The lowest BCUT2D eigenvalue weighted by Crippen LogP contribution is -2.52. The van der Waals surface area contributed by atoms with Crippen molar-refractivity contribution in [2.75, 3.05) is 19.6 Å². The topological polar surface area (TPSA) is 35.5 Å². The Bertz CT molecular complexity index is 181. The molecule has 0 spiro atoms. The molecule has 1 atom stereocenters. The van der Waals surface area contributed by atoms with Gasteiger partial charge in [0.15, 0.2) is 0 Å². The summed E-state index contributed by atoms with van der Waals surface area (Å²) in [4.78, 5) is 2.48. The molecule has 3 nitrogen and oxygen atoms in total. The van der Waals surface area contributed by atoms with Crippen LogP contribution in [0.5, 0.6) is 0 Å². The molecule has 1 heterocycles. The van der Waals surface area contributed by atoms with E-state index in [0.717, 1.165) is 6.54 Å². The summed E-state index contributed by atoms with van der Waals surface area (Å²) >= 11 is 0. The highest BCUT2D eigenvalue weighted by Crippen LogP contribution is 2.14. The lowest BCUT2D eigenvalue weighted by molar-refractivity contribution is 0.0354. The van der Waals surface area contributed by atoms with Crippen molar-refractivity contribution in [3.8, 4) is 0 Å². The Morgan fingerprint density at radius 3 is 2.33 bits per heavy atom. The molecule has 1 aliphatic heterocycles. The average Bonchev–Trinajstić information content (AvgIpc) is 2.17. The number of hydrogen-bond donors (Lipinski definition) is 2. The zero-order chi connectivity index (χ0) is 11.5. The van der Waals surface area contributed by atoms with Crippen LogP contribution in [0.2, 0.25) is 0 Å². The maximum absolute atomic E-state index is 9.84. The standard InChI is InChI=1S/C12H26N2O/c1-5-14-8-6-11(7-9-14)13-10(2)12(3,4)15/h10-11,13,15H,5-9H2,1-4H3. The van der Waals surface area contributed by atoms with Gasteiger partial charge in [-0.05, 0) is 53.2 Å². The Hall–Kier alpha value is -0.120. The van der Waals surface area contributed by atoms with Crippen LogP contribution in [-0.2, 0) is 0 Å². The molecule has 3 heteroatoms. The van der Waals surface area contributed by atoms with E-state index in [1.165, 1.54) is 25.9 Å². The van der Waals surface area contributed by atoms with Crippen molar-refractivity contribution < 1.29 is 5.11 Å². The summed E-state index contributed by atoms with van der Waals surface area (Å²) < 4.78 is 0. The minimum atomic E-state index is -0.623. The summed E-state index contributed by atoms with van der Waals surface area (Å²) in [6.07, 6.45) is 2.41. The molecular weight excluding hydrogens is 188 g/mol. The van der Waals surface area contributed by atoms with Gasteiger partial charge in [0.25, 0.3) is 0 Å². The number of likely N-dealkylation sites (tertiary alicyclic amines) is 1.